The number of nitrogens with zero attached hydrogens (tertiary/aromatic N) is 2. The highest BCUT2D eigenvalue weighted by molar-refractivity contribution is 5.94. The summed E-state index contributed by atoms with van der Waals surface area (Å²) in [5, 5.41) is 0. The standard InChI is InChI=1S/C26H32N2O2/c1-20-9-11-23(12-10-20)25(29)28-15-5-8-24(19-28)26(30)27-16-13-22(14-17-27)18-21-6-3-2-4-7-21/h2-4,6-7,9-12,22,24H,5,8,13-19H2,1H3. The Morgan fingerprint density at radius 2 is 1.57 bits per heavy atom. The van der Waals surface area contributed by atoms with Gasteiger partial charge in [-0.15, -0.1) is 0 Å². The summed E-state index contributed by atoms with van der Waals surface area (Å²) in [7, 11) is 0. The van der Waals surface area contributed by atoms with Crippen molar-refractivity contribution in [3.8, 4) is 0 Å². The Morgan fingerprint density at radius 1 is 0.867 bits per heavy atom. The van der Waals surface area contributed by atoms with Gasteiger partial charge in [-0.05, 0) is 62.6 Å². The molecule has 2 aliphatic heterocycles. The first kappa shape index (κ1) is 20.6. The van der Waals surface area contributed by atoms with Crippen LogP contribution in [-0.4, -0.2) is 47.8 Å². The van der Waals surface area contributed by atoms with Crippen molar-refractivity contribution < 1.29 is 9.59 Å². The smallest absolute Gasteiger partial charge is 0.253 e. The molecular weight excluding hydrogens is 372 g/mol. The molecule has 2 aromatic rings. The number of hydrogen-bond acceptors (Lipinski definition) is 2. The number of hydrogen-bond donors (Lipinski definition) is 0. The molecule has 4 heteroatoms. The SMILES string of the molecule is Cc1ccc(C(=O)N2CCCC(C(=O)N3CCC(Cc4ccccc4)CC3)C2)cc1. The van der Waals surface area contributed by atoms with Gasteiger partial charge in [-0.25, -0.2) is 0 Å². The summed E-state index contributed by atoms with van der Waals surface area (Å²) in [6.45, 7) is 5.01. The second-order valence-electron chi connectivity index (χ2n) is 8.91. The molecule has 30 heavy (non-hydrogen) atoms. The first-order valence-corrected chi connectivity index (χ1v) is 11.3. The molecule has 2 amide bonds. The maximum Gasteiger partial charge on any atom is 0.253 e. The monoisotopic (exact) mass is 404 g/mol. The molecule has 2 saturated heterocycles. The van der Waals surface area contributed by atoms with Crippen LogP contribution < -0.4 is 0 Å². The first-order chi connectivity index (χ1) is 14.6. The Hall–Kier alpha value is -2.62. The van der Waals surface area contributed by atoms with Crippen molar-refractivity contribution in [1.82, 2.24) is 9.80 Å². The third-order valence-electron chi connectivity index (χ3n) is 6.65. The number of carbonyl (C=O) groups excluding carboxylic acids is 2. The summed E-state index contributed by atoms with van der Waals surface area (Å²) in [6.07, 6.45) is 5.03. The van der Waals surface area contributed by atoms with Crippen LogP contribution in [0.2, 0.25) is 0 Å². The van der Waals surface area contributed by atoms with E-state index in [9.17, 15) is 9.59 Å². The number of aryl methyl sites for hydroxylation is 1. The fourth-order valence-corrected chi connectivity index (χ4v) is 4.80. The fraction of sp³-hybridized carbons (Fsp3) is 0.462. The molecule has 0 spiro atoms. The molecule has 1 unspecified atom stereocenters. The van der Waals surface area contributed by atoms with Crippen LogP contribution in [0, 0.1) is 18.8 Å². The summed E-state index contributed by atoms with van der Waals surface area (Å²) in [5.74, 6) is 0.893. The van der Waals surface area contributed by atoms with Crippen LogP contribution in [0.4, 0.5) is 0 Å². The molecule has 2 heterocycles. The topological polar surface area (TPSA) is 40.6 Å². The van der Waals surface area contributed by atoms with E-state index >= 15 is 0 Å². The average molecular weight is 405 g/mol. The second kappa shape index (κ2) is 9.46. The molecule has 0 N–H and O–H groups in total. The number of piperidine rings is 2. The van der Waals surface area contributed by atoms with Gasteiger partial charge in [0, 0.05) is 31.7 Å². The third kappa shape index (κ3) is 4.92. The van der Waals surface area contributed by atoms with Crippen molar-refractivity contribution in [3.05, 3.63) is 71.3 Å². The Balaban J connectivity index is 1.30. The highest BCUT2D eigenvalue weighted by Gasteiger charge is 2.33. The molecule has 1 atom stereocenters. The third-order valence-corrected chi connectivity index (χ3v) is 6.65. The van der Waals surface area contributed by atoms with Gasteiger partial charge in [0.05, 0.1) is 5.92 Å². The zero-order chi connectivity index (χ0) is 20.9. The predicted octanol–water partition coefficient (Wildman–Crippen LogP) is 4.33. The average Bonchev–Trinajstić information content (AvgIpc) is 2.80. The Kier molecular flexibility index (Phi) is 6.51. The lowest BCUT2D eigenvalue weighted by molar-refractivity contribution is -0.138. The Labute approximate surface area is 179 Å². The summed E-state index contributed by atoms with van der Waals surface area (Å²) in [4.78, 5) is 29.9. The lowest BCUT2D eigenvalue weighted by Crippen LogP contribution is -2.48. The van der Waals surface area contributed by atoms with Gasteiger partial charge in [-0.3, -0.25) is 9.59 Å². The highest BCUT2D eigenvalue weighted by atomic mass is 16.2. The molecule has 4 nitrogen and oxygen atoms in total. The predicted molar refractivity (Wildman–Crippen MR) is 119 cm³/mol. The van der Waals surface area contributed by atoms with E-state index in [1.165, 1.54) is 5.56 Å². The van der Waals surface area contributed by atoms with Crippen LogP contribution in [0.15, 0.2) is 54.6 Å². The first-order valence-electron chi connectivity index (χ1n) is 11.3. The Bertz CT molecular complexity index is 854. The van der Waals surface area contributed by atoms with E-state index in [1.54, 1.807) is 0 Å². The maximum atomic E-state index is 13.2. The number of likely N-dealkylation sites (tertiary alicyclic amines) is 2. The van der Waals surface area contributed by atoms with Crippen molar-refractivity contribution in [2.45, 2.75) is 39.0 Å². The van der Waals surface area contributed by atoms with Gasteiger partial charge in [0.1, 0.15) is 0 Å². The number of amides is 2. The maximum absolute atomic E-state index is 13.2. The fourth-order valence-electron chi connectivity index (χ4n) is 4.80. The van der Waals surface area contributed by atoms with E-state index in [-0.39, 0.29) is 17.7 Å². The molecule has 2 aromatic carbocycles. The van der Waals surface area contributed by atoms with E-state index in [4.69, 9.17) is 0 Å². The minimum absolute atomic E-state index is 0.0501. The van der Waals surface area contributed by atoms with Crippen LogP contribution in [-0.2, 0) is 11.2 Å². The summed E-state index contributed by atoms with van der Waals surface area (Å²) < 4.78 is 0. The van der Waals surface area contributed by atoms with E-state index in [0.717, 1.165) is 62.9 Å². The summed E-state index contributed by atoms with van der Waals surface area (Å²) >= 11 is 0. The normalized spacial score (nSPS) is 20.2. The van der Waals surface area contributed by atoms with Crippen LogP contribution in [0.5, 0.6) is 0 Å². The summed E-state index contributed by atoms with van der Waals surface area (Å²) in [5.41, 5.74) is 3.25. The van der Waals surface area contributed by atoms with E-state index in [2.05, 4.69) is 30.3 Å². The van der Waals surface area contributed by atoms with Crippen LogP contribution in [0.1, 0.15) is 47.2 Å². The van der Waals surface area contributed by atoms with Crippen molar-refractivity contribution >= 4 is 11.8 Å². The zero-order valence-electron chi connectivity index (χ0n) is 17.9. The van der Waals surface area contributed by atoms with Gasteiger partial charge in [0.15, 0.2) is 0 Å². The van der Waals surface area contributed by atoms with Gasteiger partial charge < -0.3 is 9.80 Å². The second-order valence-corrected chi connectivity index (χ2v) is 8.91. The Morgan fingerprint density at radius 3 is 2.27 bits per heavy atom. The summed E-state index contributed by atoms with van der Waals surface area (Å²) in [6, 6.07) is 18.4. The van der Waals surface area contributed by atoms with Crippen molar-refractivity contribution in [2.24, 2.45) is 11.8 Å². The molecule has 0 aromatic heterocycles. The molecule has 0 radical (unpaired) electrons. The zero-order valence-corrected chi connectivity index (χ0v) is 17.9. The van der Waals surface area contributed by atoms with E-state index in [0.29, 0.717) is 12.5 Å². The molecular formula is C26H32N2O2. The van der Waals surface area contributed by atoms with Crippen molar-refractivity contribution in [3.63, 3.8) is 0 Å². The van der Waals surface area contributed by atoms with E-state index < -0.39 is 0 Å². The lowest BCUT2D eigenvalue weighted by atomic mass is 9.89. The van der Waals surface area contributed by atoms with E-state index in [1.807, 2.05) is 41.0 Å². The van der Waals surface area contributed by atoms with Gasteiger partial charge in [-0.1, -0.05) is 48.0 Å². The lowest BCUT2D eigenvalue weighted by Gasteiger charge is -2.38. The van der Waals surface area contributed by atoms with Gasteiger partial charge in [0.25, 0.3) is 5.91 Å². The molecule has 158 valence electrons. The molecule has 0 saturated carbocycles. The molecule has 4 rings (SSSR count). The molecule has 0 bridgehead atoms. The number of carbonyl (C=O) groups is 2. The van der Waals surface area contributed by atoms with Gasteiger partial charge in [0.2, 0.25) is 5.91 Å². The quantitative estimate of drug-likeness (QED) is 0.761. The van der Waals surface area contributed by atoms with Crippen LogP contribution in [0.3, 0.4) is 0 Å². The van der Waals surface area contributed by atoms with Crippen molar-refractivity contribution in [1.29, 1.82) is 0 Å². The van der Waals surface area contributed by atoms with Gasteiger partial charge >= 0.3 is 0 Å². The molecule has 2 aliphatic rings. The number of benzene rings is 2. The minimum atomic E-state index is -0.0566. The van der Waals surface area contributed by atoms with Crippen LogP contribution in [0.25, 0.3) is 0 Å². The molecule has 0 aliphatic carbocycles. The highest BCUT2D eigenvalue weighted by Crippen LogP contribution is 2.26. The number of rotatable bonds is 4. The molecule has 2 fully saturated rings. The largest absolute Gasteiger partial charge is 0.342 e. The van der Waals surface area contributed by atoms with Crippen LogP contribution >= 0.6 is 0 Å². The minimum Gasteiger partial charge on any atom is -0.342 e. The van der Waals surface area contributed by atoms with Gasteiger partial charge in [-0.2, -0.15) is 0 Å². The van der Waals surface area contributed by atoms with Crippen molar-refractivity contribution in [2.75, 3.05) is 26.2 Å².